The molecule has 0 unspecified atom stereocenters. The van der Waals surface area contributed by atoms with Gasteiger partial charge in [-0.05, 0) is 19.1 Å². The van der Waals surface area contributed by atoms with Crippen LogP contribution in [0.2, 0.25) is 0 Å². The second-order valence-corrected chi connectivity index (χ2v) is 3.06. The van der Waals surface area contributed by atoms with Gasteiger partial charge in [0.15, 0.2) is 0 Å². The van der Waals surface area contributed by atoms with Crippen molar-refractivity contribution in [2.24, 2.45) is 0 Å². The molecule has 0 bridgehead atoms. The zero-order chi connectivity index (χ0) is 9.97. The molecule has 4 heteroatoms. The van der Waals surface area contributed by atoms with Crippen molar-refractivity contribution in [2.75, 3.05) is 5.73 Å². The first kappa shape index (κ1) is 8.74. The molecule has 72 valence electrons. The van der Waals surface area contributed by atoms with Crippen molar-refractivity contribution >= 4 is 5.69 Å². The lowest BCUT2D eigenvalue weighted by atomic mass is 10.2. The van der Waals surface area contributed by atoms with E-state index in [0.717, 1.165) is 23.5 Å². The zero-order valence-corrected chi connectivity index (χ0v) is 8.01. The molecule has 0 saturated heterocycles. The van der Waals surface area contributed by atoms with Gasteiger partial charge >= 0.3 is 0 Å². The van der Waals surface area contributed by atoms with Crippen LogP contribution in [0, 0.1) is 0 Å². The van der Waals surface area contributed by atoms with Gasteiger partial charge in [-0.3, -0.25) is 9.67 Å². The van der Waals surface area contributed by atoms with Crippen LogP contribution in [0.1, 0.15) is 6.92 Å². The van der Waals surface area contributed by atoms with Gasteiger partial charge in [0.1, 0.15) is 0 Å². The summed E-state index contributed by atoms with van der Waals surface area (Å²) in [6.07, 6.45) is 5.46. The summed E-state index contributed by atoms with van der Waals surface area (Å²) in [5, 5.41) is 4.18. The van der Waals surface area contributed by atoms with Gasteiger partial charge in [0, 0.05) is 30.2 Å². The Kier molecular flexibility index (Phi) is 2.18. The Hall–Kier alpha value is -1.84. The van der Waals surface area contributed by atoms with E-state index in [2.05, 4.69) is 10.1 Å². The topological polar surface area (TPSA) is 56.7 Å². The normalized spacial score (nSPS) is 10.4. The fraction of sp³-hybridized carbons (Fsp3) is 0.200. The SMILES string of the molecule is CCn1cc(-c2cc(N)ccn2)cn1. The molecule has 14 heavy (non-hydrogen) atoms. The molecule has 0 aliphatic carbocycles. The number of nitrogens with two attached hydrogens (primary N) is 1. The van der Waals surface area contributed by atoms with E-state index in [1.807, 2.05) is 23.9 Å². The van der Waals surface area contributed by atoms with Gasteiger partial charge in [0.2, 0.25) is 0 Å². The number of pyridine rings is 1. The molecule has 0 atom stereocenters. The maximum Gasteiger partial charge on any atom is 0.0753 e. The maximum absolute atomic E-state index is 5.67. The summed E-state index contributed by atoms with van der Waals surface area (Å²) in [6.45, 7) is 2.91. The highest BCUT2D eigenvalue weighted by Crippen LogP contribution is 2.17. The highest BCUT2D eigenvalue weighted by atomic mass is 15.3. The number of nitrogens with zero attached hydrogens (tertiary/aromatic N) is 3. The third kappa shape index (κ3) is 1.59. The number of hydrogen-bond acceptors (Lipinski definition) is 3. The quantitative estimate of drug-likeness (QED) is 0.777. The number of hydrogen-bond donors (Lipinski definition) is 1. The van der Waals surface area contributed by atoms with E-state index in [9.17, 15) is 0 Å². The molecule has 0 aliphatic heterocycles. The third-order valence-electron chi connectivity index (χ3n) is 2.04. The number of anilines is 1. The van der Waals surface area contributed by atoms with Crippen LogP contribution >= 0.6 is 0 Å². The van der Waals surface area contributed by atoms with Crippen molar-refractivity contribution in [3.8, 4) is 11.3 Å². The molecule has 4 nitrogen and oxygen atoms in total. The van der Waals surface area contributed by atoms with E-state index in [1.54, 1.807) is 18.5 Å². The number of rotatable bonds is 2. The molecule has 0 saturated carbocycles. The van der Waals surface area contributed by atoms with Crippen molar-refractivity contribution in [3.63, 3.8) is 0 Å². The summed E-state index contributed by atoms with van der Waals surface area (Å²) < 4.78 is 1.86. The summed E-state index contributed by atoms with van der Waals surface area (Å²) in [4.78, 5) is 4.22. The van der Waals surface area contributed by atoms with Gasteiger partial charge in [-0.25, -0.2) is 0 Å². The Bertz CT molecular complexity index is 433. The Labute approximate surface area is 82.4 Å². The van der Waals surface area contributed by atoms with Crippen molar-refractivity contribution in [3.05, 3.63) is 30.7 Å². The molecule has 2 aromatic heterocycles. The van der Waals surface area contributed by atoms with Crippen molar-refractivity contribution in [1.82, 2.24) is 14.8 Å². The lowest BCUT2D eigenvalue weighted by Crippen LogP contribution is -1.92. The predicted molar refractivity (Wildman–Crippen MR) is 55.5 cm³/mol. The molecule has 0 amide bonds. The predicted octanol–water partition coefficient (Wildman–Crippen LogP) is 1.55. The van der Waals surface area contributed by atoms with Crippen LogP contribution < -0.4 is 5.73 Å². The minimum Gasteiger partial charge on any atom is -0.399 e. The zero-order valence-electron chi connectivity index (χ0n) is 8.01. The van der Waals surface area contributed by atoms with Crippen LogP contribution in [0.25, 0.3) is 11.3 Å². The highest BCUT2D eigenvalue weighted by Gasteiger charge is 2.01. The van der Waals surface area contributed by atoms with Crippen molar-refractivity contribution in [2.45, 2.75) is 13.5 Å². The van der Waals surface area contributed by atoms with E-state index >= 15 is 0 Å². The summed E-state index contributed by atoms with van der Waals surface area (Å²) in [6, 6.07) is 3.62. The van der Waals surface area contributed by atoms with Gasteiger partial charge in [-0.2, -0.15) is 5.10 Å². The van der Waals surface area contributed by atoms with Gasteiger partial charge in [-0.1, -0.05) is 0 Å². The van der Waals surface area contributed by atoms with Gasteiger partial charge in [0.25, 0.3) is 0 Å². The molecule has 0 radical (unpaired) electrons. The van der Waals surface area contributed by atoms with Crippen LogP contribution in [0.5, 0.6) is 0 Å². The lowest BCUT2D eigenvalue weighted by Gasteiger charge is -1.97. The Morgan fingerprint density at radius 1 is 1.50 bits per heavy atom. The molecule has 0 fully saturated rings. The first-order valence-electron chi connectivity index (χ1n) is 4.54. The average molecular weight is 188 g/mol. The minimum atomic E-state index is 0.722. The van der Waals surface area contributed by atoms with E-state index in [4.69, 9.17) is 5.73 Å². The van der Waals surface area contributed by atoms with Gasteiger partial charge in [0.05, 0.1) is 11.9 Å². The molecule has 2 aromatic rings. The van der Waals surface area contributed by atoms with Crippen LogP contribution in [-0.2, 0) is 6.54 Å². The number of aryl methyl sites for hydroxylation is 1. The average Bonchev–Trinajstić information content (AvgIpc) is 2.66. The van der Waals surface area contributed by atoms with Crippen LogP contribution in [0.4, 0.5) is 5.69 Å². The number of nitrogen functional groups attached to an aromatic ring is 1. The van der Waals surface area contributed by atoms with Crippen LogP contribution in [0.15, 0.2) is 30.7 Å². The first-order chi connectivity index (χ1) is 6.79. The van der Waals surface area contributed by atoms with Crippen LogP contribution in [0.3, 0.4) is 0 Å². The molecule has 2 rings (SSSR count). The van der Waals surface area contributed by atoms with E-state index < -0.39 is 0 Å². The van der Waals surface area contributed by atoms with Gasteiger partial charge in [-0.15, -0.1) is 0 Å². The van der Waals surface area contributed by atoms with E-state index in [1.165, 1.54) is 0 Å². The Morgan fingerprint density at radius 2 is 2.36 bits per heavy atom. The van der Waals surface area contributed by atoms with Crippen molar-refractivity contribution in [1.29, 1.82) is 0 Å². The summed E-state index contributed by atoms with van der Waals surface area (Å²) in [7, 11) is 0. The third-order valence-corrected chi connectivity index (χ3v) is 2.04. The maximum atomic E-state index is 5.67. The standard InChI is InChI=1S/C10H12N4/c1-2-14-7-8(6-13-14)10-5-9(11)3-4-12-10/h3-7H,2H2,1H3,(H2,11,12). The van der Waals surface area contributed by atoms with E-state index in [0.29, 0.717) is 0 Å². The van der Waals surface area contributed by atoms with Crippen molar-refractivity contribution < 1.29 is 0 Å². The Balaban J connectivity index is 2.39. The first-order valence-corrected chi connectivity index (χ1v) is 4.54. The molecular formula is C10H12N4. The van der Waals surface area contributed by atoms with Crippen LogP contribution in [-0.4, -0.2) is 14.8 Å². The smallest absolute Gasteiger partial charge is 0.0753 e. The van der Waals surface area contributed by atoms with E-state index in [-0.39, 0.29) is 0 Å². The fourth-order valence-corrected chi connectivity index (χ4v) is 1.27. The number of aromatic nitrogens is 3. The molecular weight excluding hydrogens is 176 g/mol. The second-order valence-electron chi connectivity index (χ2n) is 3.06. The molecule has 2 N–H and O–H groups in total. The Morgan fingerprint density at radius 3 is 3.00 bits per heavy atom. The largest absolute Gasteiger partial charge is 0.399 e. The second kappa shape index (κ2) is 3.49. The fourth-order valence-electron chi connectivity index (χ4n) is 1.27. The molecule has 0 aromatic carbocycles. The molecule has 2 heterocycles. The molecule has 0 aliphatic rings. The summed E-state index contributed by atoms with van der Waals surface area (Å²) in [5.74, 6) is 0. The summed E-state index contributed by atoms with van der Waals surface area (Å²) in [5.41, 5.74) is 8.25. The monoisotopic (exact) mass is 188 g/mol. The van der Waals surface area contributed by atoms with Gasteiger partial charge < -0.3 is 5.73 Å². The lowest BCUT2D eigenvalue weighted by molar-refractivity contribution is 0.660. The molecule has 0 spiro atoms. The summed E-state index contributed by atoms with van der Waals surface area (Å²) >= 11 is 0. The minimum absolute atomic E-state index is 0.722. The highest BCUT2D eigenvalue weighted by molar-refractivity contribution is 5.61.